The lowest BCUT2D eigenvalue weighted by molar-refractivity contribution is 0.356. The zero-order chi connectivity index (χ0) is 14.9. The third-order valence-electron chi connectivity index (χ3n) is 3.43. The first-order valence-corrected chi connectivity index (χ1v) is 8.88. The van der Waals surface area contributed by atoms with E-state index in [0.717, 1.165) is 24.4 Å². The quantitative estimate of drug-likeness (QED) is 0.831. The van der Waals surface area contributed by atoms with Crippen LogP contribution in [0.3, 0.4) is 0 Å². The van der Waals surface area contributed by atoms with Crippen LogP contribution in [0.2, 0.25) is 0 Å². The lowest BCUT2D eigenvalue weighted by Crippen LogP contribution is -2.31. The van der Waals surface area contributed by atoms with E-state index in [9.17, 15) is 8.42 Å². The monoisotopic (exact) mass is 329 g/mol. The summed E-state index contributed by atoms with van der Waals surface area (Å²) in [5.41, 5.74) is 0.665. The Balaban J connectivity index is 1.80. The zero-order valence-corrected chi connectivity index (χ0v) is 13.1. The summed E-state index contributed by atoms with van der Waals surface area (Å²) in [6, 6.07) is 3.14. The van der Waals surface area contributed by atoms with Gasteiger partial charge >= 0.3 is 0 Å². The van der Waals surface area contributed by atoms with Crippen molar-refractivity contribution >= 4 is 21.6 Å². The zero-order valence-electron chi connectivity index (χ0n) is 11.4. The van der Waals surface area contributed by atoms with Crippen LogP contribution in [0.15, 0.2) is 22.9 Å². The topological polar surface area (TPSA) is 85.5 Å². The number of hydrogen-bond acceptors (Lipinski definition) is 7. The number of aromatic nitrogens is 2. The molecule has 114 valence electrons. The highest BCUT2D eigenvalue weighted by Gasteiger charge is 2.36. The Morgan fingerprint density at radius 3 is 3.10 bits per heavy atom. The van der Waals surface area contributed by atoms with Gasteiger partial charge in [0.1, 0.15) is 17.7 Å². The van der Waals surface area contributed by atoms with Gasteiger partial charge in [0.15, 0.2) is 0 Å². The number of ether oxygens (including phenoxy) is 1. The highest BCUT2D eigenvalue weighted by molar-refractivity contribution is 7.88. The molecule has 2 aromatic heterocycles. The Kier molecular flexibility index (Phi) is 3.96. The molecule has 3 heterocycles. The Labute approximate surface area is 126 Å². The van der Waals surface area contributed by atoms with Crippen molar-refractivity contribution in [1.29, 1.82) is 0 Å². The van der Waals surface area contributed by atoms with E-state index in [-0.39, 0.29) is 11.8 Å². The summed E-state index contributed by atoms with van der Waals surface area (Å²) >= 11 is 1.14. The summed E-state index contributed by atoms with van der Waals surface area (Å²) in [5, 5.41) is 3.88. The van der Waals surface area contributed by atoms with Crippen LogP contribution in [-0.4, -0.2) is 35.9 Å². The molecule has 1 fully saturated rings. The second kappa shape index (κ2) is 5.74. The normalized spacial score (nSPS) is 20.0. The molecule has 0 saturated carbocycles. The van der Waals surface area contributed by atoms with E-state index in [2.05, 4.69) is 9.53 Å². The molecular formula is C12H15N3O4S2. The molecule has 1 saturated heterocycles. The summed E-state index contributed by atoms with van der Waals surface area (Å²) in [7, 11) is -1.91. The predicted molar refractivity (Wildman–Crippen MR) is 76.5 cm³/mol. The average molecular weight is 329 g/mol. The van der Waals surface area contributed by atoms with Gasteiger partial charge in [-0.15, -0.1) is 0 Å². The van der Waals surface area contributed by atoms with Gasteiger partial charge in [-0.05, 0) is 24.4 Å². The summed E-state index contributed by atoms with van der Waals surface area (Å²) in [4.78, 5) is 0.664. The molecule has 9 heteroatoms. The summed E-state index contributed by atoms with van der Waals surface area (Å²) in [6.07, 6.45) is 3.05. The van der Waals surface area contributed by atoms with Gasteiger partial charge in [-0.1, -0.05) is 5.16 Å². The van der Waals surface area contributed by atoms with Gasteiger partial charge in [0, 0.05) is 23.6 Å². The van der Waals surface area contributed by atoms with Gasteiger partial charge in [-0.25, -0.2) is 8.42 Å². The molecule has 0 radical (unpaired) electrons. The maximum Gasteiger partial charge on any atom is 0.225 e. The smallest absolute Gasteiger partial charge is 0.225 e. The van der Waals surface area contributed by atoms with Gasteiger partial charge in [-0.2, -0.15) is 8.68 Å². The van der Waals surface area contributed by atoms with Gasteiger partial charge in [0.05, 0.1) is 13.2 Å². The second-order valence-corrected chi connectivity index (χ2v) is 7.60. The van der Waals surface area contributed by atoms with Gasteiger partial charge in [-0.3, -0.25) is 0 Å². The van der Waals surface area contributed by atoms with Crippen molar-refractivity contribution in [3.63, 3.8) is 0 Å². The summed E-state index contributed by atoms with van der Waals surface area (Å²) in [6.45, 7) is 0.510. The minimum absolute atomic E-state index is 0.0671. The highest BCUT2D eigenvalue weighted by atomic mass is 32.2. The van der Waals surface area contributed by atoms with Crippen molar-refractivity contribution in [2.75, 3.05) is 13.7 Å². The fourth-order valence-corrected chi connectivity index (χ4v) is 5.25. The molecule has 0 spiro atoms. The maximum atomic E-state index is 12.6. The van der Waals surface area contributed by atoms with Crippen molar-refractivity contribution in [3.05, 3.63) is 29.0 Å². The van der Waals surface area contributed by atoms with Crippen molar-refractivity contribution < 1.29 is 17.7 Å². The lowest BCUT2D eigenvalue weighted by atomic mass is 10.2. The third-order valence-corrected chi connectivity index (χ3v) is 6.21. The molecule has 21 heavy (non-hydrogen) atoms. The molecule has 0 unspecified atom stereocenters. The molecular weight excluding hydrogens is 314 g/mol. The molecule has 1 atom stereocenters. The minimum atomic E-state index is -3.42. The Bertz CT molecular complexity index is 696. The van der Waals surface area contributed by atoms with Crippen LogP contribution < -0.4 is 4.74 Å². The van der Waals surface area contributed by atoms with Crippen molar-refractivity contribution in [2.24, 2.45) is 0 Å². The first-order valence-electron chi connectivity index (χ1n) is 6.49. The van der Waals surface area contributed by atoms with Crippen LogP contribution in [0.1, 0.15) is 29.5 Å². The van der Waals surface area contributed by atoms with E-state index in [1.165, 1.54) is 17.7 Å². The lowest BCUT2D eigenvalue weighted by Gasteiger charge is -2.21. The van der Waals surface area contributed by atoms with Gasteiger partial charge in [0.2, 0.25) is 15.9 Å². The van der Waals surface area contributed by atoms with Crippen LogP contribution in [0.25, 0.3) is 0 Å². The molecule has 0 bridgehead atoms. The van der Waals surface area contributed by atoms with Crippen LogP contribution in [0.4, 0.5) is 0 Å². The Morgan fingerprint density at radius 2 is 2.43 bits per heavy atom. The van der Waals surface area contributed by atoms with E-state index in [1.54, 1.807) is 12.1 Å². The van der Waals surface area contributed by atoms with E-state index >= 15 is 0 Å². The van der Waals surface area contributed by atoms with Gasteiger partial charge in [0.25, 0.3) is 0 Å². The highest BCUT2D eigenvalue weighted by Crippen LogP contribution is 2.34. The minimum Gasteiger partial charge on any atom is -0.480 e. The number of sulfonamides is 1. The molecule has 1 aliphatic rings. The SMILES string of the molecule is COc1cc(CS(=O)(=O)N2CCC[C@@H]2c2ccon2)sn1. The molecule has 1 aliphatic heterocycles. The molecule has 7 nitrogen and oxygen atoms in total. The Hall–Kier alpha value is -1.45. The maximum absolute atomic E-state index is 12.6. The fraction of sp³-hybridized carbons (Fsp3) is 0.500. The largest absolute Gasteiger partial charge is 0.480 e. The van der Waals surface area contributed by atoms with E-state index in [4.69, 9.17) is 9.26 Å². The summed E-state index contributed by atoms with van der Waals surface area (Å²) < 4.78 is 40.6. The van der Waals surface area contributed by atoms with E-state index in [1.807, 2.05) is 0 Å². The van der Waals surface area contributed by atoms with Crippen LogP contribution in [0.5, 0.6) is 5.88 Å². The van der Waals surface area contributed by atoms with Gasteiger partial charge < -0.3 is 9.26 Å². The third kappa shape index (κ3) is 2.94. The fourth-order valence-electron chi connectivity index (χ4n) is 2.48. The second-order valence-electron chi connectivity index (χ2n) is 4.78. The summed E-state index contributed by atoms with van der Waals surface area (Å²) in [5.74, 6) is 0.377. The first-order chi connectivity index (χ1) is 10.1. The number of rotatable bonds is 5. The molecule has 3 rings (SSSR count). The number of hydrogen-bond donors (Lipinski definition) is 0. The average Bonchev–Trinajstić information content (AvgIpc) is 3.18. The van der Waals surface area contributed by atoms with E-state index < -0.39 is 10.0 Å². The number of methoxy groups -OCH3 is 1. The molecule has 0 amide bonds. The Morgan fingerprint density at radius 1 is 1.57 bits per heavy atom. The first kappa shape index (κ1) is 14.5. The van der Waals surface area contributed by atoms with E-state index in [0.29, 0.717) is 23.0 Å². The van der Waals surface area contributed by atoms with Crippen LogP contribution >= 0.6 is 11.5 Å². The molecule has 0 N–H and O–H groups in total. The molecule has 0 aliphatic carbocycles. The molecule has 0 aromatic carbocycles. The van der Waals surface area contributed by atoms with Crippen LogP contribution in [-0.2, 0) is 15.8 Å². The van der Waals surface area contributed by atoms with Crippen molar-refractivity contribution in [2.45, 2.75) is 24.6 Å². The van der Waals surface area contributed by atoms with Crippen molar-refractivity contribution in [1.82, 2.24) is 13.8 Å². The van der Waals surface area contributed by atoms with Crippen molar-refractivity contribution in [3.8, 4) is 5.88 Å². The number of nitrogens with zero attached hydrogens (tertiary/aromatic N) is 3. The standard InChI is InChI=1S/C12H15N3O4S2/c1-18-12-7-9(20-14-12)8-21(16,17)15-5-2-3-11(15)10-4-6-19-13-10/h4,6-7,11H,2-3,5,8H2,1H3/t11-/m1/s1. The predicted octanol–water partition coefficient (Wildman–Crippen LogP) is 1.81. The van der Waals surface area contributed by atoms with Crippen LogP contribution in [0, 0.1) is 0 Å². The molecule has 2 aromatic rings.